The Morgan fingerprint density at radius 3 is 3.05 bits per heavy atom. The lowest BCUT2D eigenvalue weighted by molar-refractivity contribution is 0.0947. The standard InChI is InChI=1S/C15H20N2O3/c1-20-12-4-2-3-9-17-15(19)14-13(8-6-11-18)7-5-10-16-14/h5,7,10,18H,2-4,9,11-12H2,1H3,(H,17,19). The monoisotopic (exact) mass is 276 g/mol. The number of ether oxygens (including phenoxy) is 1. The maximum Gasteiger partial charge on any atom is 0.271 e. The van der Waals surface area contributed by atoms with Crippen LogP contribution in [0.4, 0.5) is 0 Å². The molecule has 0 radical (unpaired) electrons. The third-order valence-corrected chi connectivity index (χ3v) is 2.64. The Balaban J connectivity index is 2.47. The molecule has 5 heteroatoms. The fourth-order valence-corrected chi connectivity index (χ4v) is 1.66. The van der Waals surface area contributed by atoms with Gasteiger partial charge in [-0.25, -0.2) is 4.98 Å². The van der Waals surface area contributed by atoms with Crippen molar-refractivity contribution in [1.82, 2.24) is 10.3 Å². The van der Waals surface area contributed by atoms with Crippen LogP contribution in [0.2, 0.25) is 0 Å². The van der Waals surface area contributed by atoms with Gasteiger partial charge in [-0.2, -0.15) is 0 Å². The second-order valence-corrected chi connectivity index (χ2v) is 4.17. The summed E-state index contributed by atoms with van der Waals surface area (Å²) >= 11 is 0. The van der Waals surface area contributed by atoms with E-state index in [1.165, 1.54) is 0 Å². The first kappa shape index (κ1) is 16.2. The molecule has 5 nitrogen and oxygen atoms in total. The molecular formula is C15H20N2O3. The van der Waals surface area contributed by atoms with Crippen LogP contribution < -0.4 is 5.32 Å². The van der Waals surface area contributed by atoms with Crippen LogP contribution in [0.15, 0.2) is 18.3 Å². The van der Waals surface area contributed by atoms with Crippen molar-refractivity contribution >= 4 is 5.91 Å². The Labute approximate surface area is 119 Å². The zero-order valence-electron chi connectivity index (χ0n) is 11.7. The van der Waals surface area contributed by atoms with Crippen LogP contribution in [0.1, 0.15) is 35.3 Å². The number of pyridine rings is 1. The number of nitrogens with zero attached hydrogens (tertiary/aromatic N) is 1. The number of aliphatic hydroxyl groups excluding tert-OH is 1. The lowest BCUT2D eigenvalue weighted by Gasteiger charge is -2.06. The van der Waals surface area contributed by atoms with Gasteiger partial charge in [0.15, 0.2) is 0 Å². The first-order chi connectivity index (χ1) is 9.79. The van der Waals surface area contributed by atoms with Crippen LogP contribution in [0, 0.1) is 11.8 Å². The van der Waals surface area contributed by atoms with E-state index in [1.54, 1.807) is 25.4 Å². The predicted molar refractivity (Wildman–Crippen MR) is 76.3 cm³/mol. The van der Waals surface area contributed by atoms with Crippen LogP contribution in [-0.2, 0) is 4.74 Å². The van der Waals surface area contributed by atoms with Crippen molar-refractivity contribution in [2.45, 2.75) is 19.3 Å². The average Bonchev–Trinajstić information content (AvgIpc) is 2.48. The minimum Gasteiger partial charge on any atom is -0.385 e. The minimum absolute atomic E-state index is 0.236. The molecule has 0 atom stereocenters. The van der Waals surface area contributed by atoms with E-state index in [1.807, 2.05) is 0 Å². The van der Waals surface area contributed by atoms with Crippen LogP contribution in [0.25, 0.3) is 0 Å². The molecule has 0 fully saturated rings. The number of nitrogens with one attached hydrogen (secondary N) is 1. The normalized spacial score (nSPS) is 9.70. The zero-order chi connectivity index (χ0) is 14.6. The number of rotatable bonds is 7. The summed E-state index contributed by atoms with van der Waals surface area (Å²) in [4.78, 5) is 16.0. The molecule has 0 aliphatic rings. The zero-order valence-corrected chi connectivity index (χ0v) is 11.7. The van der Waals surface area contributed by atoms with Gasteiger partial charge in [0.25, 0.3) is 5.91 Å². The van der Waals surface area contributed by atoms with Gasteiger partial charge in [-0.05, 0) is 31.4 Å². The second-order valence-electron chi connectivity index (χ2n) is 4.17. The number of aromatic nitrogens is 1. The molecule has 1 aromatic rings. The fourth-order valence-electron chi connectivity index (χ4n) is 1.66. The van der Waals surface area contributed by atoms with E-state index >= 15 is 0 Å². The molecule has 1 rings (SSSR count). The maximum absolute atomic E-state index is 12.0. The second kappa shape index (κ2) is 9.96. The molecule has 0 spiro atoms. The Morgan fingerprint density at radius 1 is 1.45 bits per heavy atom. The summed E-state index contributed by atoms with van der Waals surface area (Å²) in [6.45, 7) is 1.11. The Morgan fingerprint density at radius 2 is 2.30 bits per heavy atom. The molecule has 1 aromatic heterocycles. The smallest absolute Gasteiger partial charge is 0.271 e. The van der Waals surface area contributed by atoms with Gasteiger partial charge in [0.05, 0.1) is 5.56 Å². The highest BCUT2D eigenvalue weighted by Crippen LogP contribution is 2.03. The number of hydrogen-bond acceptors (Lipinski definition) is 4. The number of carbonyl (C=O) groups excluding carboxylic acids is 1. The van der Waals surface area contributed by atoms with E-state index in [2.05, 4.69) is 22.1 Å². The number of methoxy groups -OCH3 is 1. The predicted octanol–water partition coefficient (Wildman–Crippen LogP) is 0.972. The molecule has 1 amide bonds. The van der Waals surface area contributed by atoms with E-state index in [4.69, 9.17) is 9.84 Å². The van der Waals surface area contributed by atoms with E-state index in [9.17, 15) is 4.79 Å². The third kappa shape index (κ3) is 5.83. The summed E-state index contributed by atoms with van der Waals surface area (Å²) in [5.41, 5.74) is 0.823. The van der Waals surface area contributed by atoms with Crippen LogP contribution in [0.3, 0.4) is 0 Å². The number of carbonyl (C=O) groups is 1. The molecule has 0 aliphatic carbocycles. The van der Waals surface area contributed by atoms with Crippen molar-refractivity contribution in [3.05, 3.63) is 29.6 Å². The third-order valence-electron chi connectivity index (χ3n) is 2.64. The summed E-state index contributed by atoms with van der Waals surface area (Å²) in [5, 5.41) is 11.5. The number of unbranched alkanes of at least 4 members (excludes halogenated alkanes) is 2. The molecule has 0 unspecified atom stereocenters. The molecule has 0 bridgehead atoms. The first-order valence-electron chi connectivity index (χ1n) is 6.61. The van der Waals surface area contributed by atoms with Gasteiger partial charge >= 0.3 is 0 Å². The average molecular weight is 276 g/mol. The SMILES string of the molecule is COCCCCCNC(=O)c1ncccc1C#CCO. The highest BCUT2D eigenvalue weighted by atomic mass is 16.5. The van der Waals surface area contributed by atoms with E-state index < -0.39 is 0 Å². The van der Waals surface area contributed by atoms with E-state index in [-0.39, 0.29) is 12.5 Å². The summed E-state index contributed by atoms with van der Waals surface area (Å²) in [7, 11) is 1.68. The molecule has 20 heavy (non-hydrogen) atoms. The van der Waals surface area contributed by atoms with Crippen molar-refractivity contribution in [3.63, 3.8) is 0 Å². The van der Waals surface area contributed by atoms with Crippen LogP contribution in [-0.4, -0.2) is 42.9 Å². The van der Waals surface area contributed by atoms with Gasteiger partial charge in [-0.15, -0.1) is 0 Å². The molecule has 2 N–H and O–H groups in total. The van der Waals surface area contributed by atoms with Crippen molar-refractivity contribution in [1.29, 1.82) is 0 Å². The summed E-state index contributed by atoms with van der Waals surface area (Å²) < 4.78 is 4.96. The quantitative estimate of drug-likeness (QED) is 0.575. The van der Waals surface area contributed by atoms with E-state index in [0.717, 1.165) is 25.9 Å². The fraction of sp³-hybridized carbons (Fsp3) is 0.467. The maximum atomic E-state index is 12.0. The summed E-state index contributed by atoms with van der Waals surface area (Å²) in [5.74, 6) is 5.01. The molecule has 0 aliphatic heterocycles. The Bertz CT molecular complexity index is 477. The lowest BCUT2D eigenvalue weighted by atomic mass is 10.2. The van der Waals surface area contributed by atoms with Crippen LogP contribution in [0.5, 0.6) is 0 Å². The molecule has 108 valence electrons. The summed E-state index contributed by atoms with van der Waals surface area (Å²) in [6, 6.07) is 3.42. The van der Waals surface area contributed by atoms with Crippen molar-refractivity contribution < 1.29 is 14.6 Å². The number of amides is 1. The van der Waals surface area contributed by atoms with Gasteiger partial charge < -0.3 is 15.2 Å². The topological polar surface area (TPSA) is 71.5 Å². The van der Waals surface area contributed by atoms with Crippen LogP contribution >= 0.6 is 0 Å². The molecule has 0 saturated heterocycles. The van der Waals surface area contributed by atoms with Gasteiger partial charge in [0.2, 0.25) is 0 Å². The molecule has 0 aromatic carbocycles. The van der Waals surface area contributed by atoms with Crippen molar-refractivity contribution in [3.8, 4) is 11.8 Å². The molecule has 0 saturated carbocycles. The Kier molecular flexibility index (Phi) is 8.04. The van der Waals surface area contributed by atoms with Crippen molar-refractivity contribution in [2.24, 2.45) is 0 Å². The first-order valence-corrected chi connectivity index (χ1v) is 6.61. The number of aliphatic hydroxyl groups is 1. The molecule has 1 heterocycles. The van der Waals surface area contributed by atoms with Gasteiger partial charge in [-0.1, -0.05) is 11.8 Å². The Hall–Kier alpha value is -1.90. The highest BCUT2D eigenvalue weighted by Gasteiger charge is 2.10. The molecular weight excluding hydrogens is 256 g/mol. The number of hydrogen-bond donors (Lipinski definition) is 2. The highest BCUT2D eigenvalue weighted by molar-refractivity contribution is 5.94. The van der Waals surface area contributed by atoms with Gasteiger partial charge in [-0.3, -0.25) is 4.79 Å². The lowest BCUT2D eigenvalue weighted by Crippen LogP contribution is -2.26. The summed E-state index contributed by atoms with van der Waals surface area (Å²) in [6.07, 6.45) is 4.45. The van der Waals surface area contributed by atoms with E-state index in [0.29, 0.717) is 17.8 Å². The van der Waals surface area contributed by atoms with Gasteiger partial charge in [0, 0.05) is 26.5 Å². The van der Waals surface area contributed by atoms with Crippen molar-refractivity contribution in [2.75, 3.05) is 26.9 Å². The minimum atomic E-state index is -0.241. The largest absolute Gasteiger partial charge is 0.385 e. The van der Waals surface area contributed by atoms with Gasteiger partial charge in [0.1, 0.15) is 12.3 Å².